The average molecular weight is 255 g/mol. The quantitative estimate of drug-likeness (QED) is 0.885. The molecule has 2 aromatic rings. The molecule has 3 N–H and O–H groups in total. The van der Waals surface area contributed by atoms with Gasteiger partial charge in [-0.2, -0.15) is 0 Å². The Morgan fingerprint density at radius 3 is 2.42 bits per heavy atom. The highest BCUT2D eigenvalue weighted by atomic mass is 16.1. The van der Waals surface area contributed by atoms with Crippen molar-refractivity contribution in [1.82, 2.24) is 4.98 Å². The van der Waals surface area contributed by atoms with Crippen LogP contribution in [0.3, 0.4) is 0 Å². The second kappa shape index (κ2) is 5.63. The van der Waals surface area contributed by atoms with Crippen LogP contribution in [-0.4, -0.2) is 10.9 Å². The van der Waals surface area contributed by atoms with E-state index in [0.29, 0.717) is 12.1 Å². The minimum Gasteiger partial charge on any atom is -0.326 e. The lowest BCUT2D eigenvalue weighted by Crippen LogP contribution is -2.13. The number of nitrogens with two attached hydrogens (primary N) is 1. The summed E-state index contributed by atoms with van der Waals surface area (Å²) in [5.74, 6) is -0.141. The summed E-state index contributed by atoms with van der Waals surface area (Å²) >= 11 is 0. The van der Waals surface area contributed by atoms with Crippen molar-refractivity contribution < 1.29 is 4.79 Å². The van der Waals surface area contributed by atoms with Crippen LogP contribution in [0.15, 0.2) is 36.4 Å². The number of rotatable bonds is 3. The Kier molecular flexibility index (Phi) is 3.92. The fourth-order valence-corrected chi connectivity index (χ4v) is 1.81. The minimum absolute atomic E-state index is 0.141. The number of aryl methyl sites for hydroxylation is 2. The smallest absolute Gasteiger partial charge is 0.255 e. The van der Waals surface area contributed by atoms with Crippen LogP contribution in [-0.2, 0) is 6.54 Å². The summed E-state index contributed by atoms with van der Waals surface area (Å²) in [6.07, 6.45) is 0. The van der Waals surface area contributed by atoms with Crippen molar-refractivity contribution >= 4 is 11.6 Å². The lowest BCUT2D eigenvalue weighted by molar-refractivity contribution is 0.102. The summed E-state index contributed by atoms with van der Waals surface area (Å²) < 4.78 is 0. The molecule has 0 aliphatic rings. The van der Waals surface area contributed by atoms with Gasteiger partial charge in [0.05, 0.1) is 11.4 Å². The van der Waals surface area contributed by atoms with E-state index in [-0.39, 0.29) is 5.91 Å². The lowest BCUT2D eigenvalue weighted by Gasteiger charge is -2.08. The Morgan fingerprint density at radius 2 is 1.84 bits per heavy atom. The maximum absolute atomic E-state index is 12.1. The molecule has 2 rings (SSSR count). The monoisotopic (exact) mass is 255 g/mol. The molecule has 0 unspecified atom stereocenters. The van der Waals surface area contributed by atoms with E-state index in [1.807, 2.05) is 38.1 Å². The predicted molar refractivity (Wildman–Crippen MR) is 76.0 cm³/mol. The van der Waals surface area contributed by atoms with E-state index in [1.165, 1.54) is 0 Å². The normalized spacial score (nSPS) is 10.3. The molecule has 0 spiro atoms. The molecule has 0 aliphatic heterocycles. The molecule has 1 heterocycles. The second-order valence-electron chi connectivity index (χ2n) is 4.44. The maximum atomic E-state index is 12.1. The molecule has 1 aromatic heterocycles. The van der Waals surface area contributed by atoms with Crippen LogP contribution in [0.4, 0.5) is 5.69 Å². The van der Waals surface area contributed by atoms with Gasteiger partial charge in [0.2, 0.25) is 0 Å². The SMILES string of the molecule is Cc1ccc(NC(=O)c2ccc(CN)cc2)c(C)n1. The zero-order chi connectivity index (χ0) is 13.8. The molecule has 0 atom stereocenters. The largest absolute Gasteiger partial charge is 0.326 e. The summed E-state index contributed by atoms with van der Waals surface area (Å²) in [6, 6.07) is 11.0. The van der Waals surface area contributed by atoms with E-state index in [1.54, 1.807) is 12.1 Å². The molecule has 0 bridgehead atoms. The van der Waals surface area contributed by atoms with E-state index in [4.69, 9.17) is 5.73 Å². The molecule has 1 amide bonds. The number of benzene rings is 1. The zero-order valence-corrected chi connectivity index (χ0v) is 11.1. The van der Waals surface area contributed by atoms with Crippen molar-refractivity contribution in [2.45, 2.75) is 20.4 Å². The molecular weight excluding hydrogens is 238 g/mol. The van der Waals surface area contributed by atoms with Gasteiger partial charge in [0.1, 0.15) is 0 Å². The Hall–Kier alpha value is -2.20. The fourth-order valence-electron chi connectivity index (χ4n) is 1.81. The van der Waals surface area contributed by atoms with Gasteiger partial charge in [-0.1, -0.05) is 12.1 Å². The summed E-state index contributed by atoms with van der Waals surface area (Å²) in [6.45, 7) is 4.27. The minimum atomic E-state index is -0.141. The highest BCUT2D eigenvalue weighted by molar-refractivity contribution is 6.04. The average Bonchev–Trinajstić information content (AvgIpc) is 2.42. The van der Waals surface area contributed by atoms with Crippen molar-refractivity contribution in [1.29, 1.82) is 0 Å². The first kappa shape index (κ1) is 13.2. The second-order valence-corrected chi connectivity index (χ2v) is 4.44. The van der Waals surface area contributed by atoms with Gasteiger partial charge in [-0.15, -0.1) is 0 Å². The summed E-state index contributed by atoms with van der Waals surface area (Å²) in [7, 11) is 0. The van der Waals surface area contributed by atoms with Gasteiger partial charge in [-0.3, -0.25) is 9.78 Å². The topological polar surface area (TPSA) is 68.0 Å². The van der Waals surface area contributed by atoms with Crippen LogP contribution in [0.1, 0.15) is 27.3 Å². The summed E-state index contributed by atoms with van der Waals surface area (Å²) in [5, 5.41) is 2.86. The van der Waals surface area contributed by atoms with Gasteiger partial charge in [0.25, 0.3) is 5.91 Å². The molecule has 98 valence electrons. The molecule has 4 nitrogen and oxygen atoms in total. The van der Waals surface area contributed by atoms with Crippen LogP contribution in [0.25, 0.3) is 0 Å². The third-order valence-corrected chi connectivity index (χ3v) is 2.93. The van der Waals surface area contributed by atoms with Gasteiger partial charge in [-0.05, 0) is 43.7 Å². The van der Waals surface area contributed by atoms with E-state index >= 15 is 0 Å². The number of nitrogens with one attached hydrogen (secondary N) is 1. The maximum Gasteiger partial charge on any atom is 0.255 e. The standard InChI is InChI=1S/C15H17N3O/c1-10-3-8-14(11(2)17-10)18-15(19)13-6-4-12(9-16)5-7-13/h3-8H,9,16H2,1-2H3,(H,18,19). The lowest BCUT2D eigenvalue weighted by atomic mass is 10.1. The number of hydrogen-bond acceptors (Lipinski definition) is 3. The molecule has 19 heavy (non-hydrogen) atoms. The van der Waals surface area contributed by atoms with Crippen molar-refractivity contribution in [3.8, 4) is 0 Å². The van der Waals surface area contributed by atoms with Gasteiger partial charge in [0.15, 0.2) is 0 Å². The highest BCUT2D eigenvalue weighted by Crippen LogP contribution is 2.14. The van der Waals surface area contributed by atoms with Crippen LogP contribution in [0.2, 0.25) is 0 Å². The number of carbonyl (C=O) groups excluding carboxylic acids is 1. The third-order valence-electron chi connectivity index (χ3n) is 2.93. The zero-order valence-electron chi connectivity index (χ0n) is 11.1. The molecule has 4 heteroatoms. The Bertz CT molecular complexity index is 591. The van der Waals surface area contributed by atoms with E-state index in [9.17, 15) is 4.79 Å². The van der Waals surface area contributed by atoms with Gasteiger partial charge in [-0.25, -0.2) is 0 Å². The first-order valence-electron chi connectivity index (χ1n) is 6.15. The molecule has 1 aromatic carbocycles. The number of aromatic nitrogens is 1. The predicted octanol–water partition coefficient (Wildman–Crippen LogP) is 2.41. The Morgan fingerprint density at radius 1 is 1.16 bits per heavy atom. The van der Waals surface area contributed by atoms with Crippen molar-refractivity contribution in [2.24, 2.45) is 5.73 Å². The van der Waals surface area contributed by atoms with Crippen molar-refractivity contribution in [3.05, 3.63) is 58.9 Å². The van der Waals surface area contributed by atoms with Gasteiger partial charge >= 0.3 is 0 Å². The molecular formula is C15H17N3O. The number of nitrogens with zero attached hydrogens (tertiary/aromatic N) is 1. The van der Waals surface area contributed by atoms with Crippen molar-refractivity contribution in [3.63, 3.8) is 0 Å². The summed E-state index contributed by atoms with van der Waals surface area (Å²) in [4.78, 5) is 16.4. The Labute approximate surface area is 112 Å². The molecule has 0 saturated carbocycles. The first-order chi connectivity index (χ1) is 9.10. The third kappa shape index (κ3) is 3.17. The molecule has 0 saturated heterocycles. The van der Waals surface area contributed by atoms with Crippen LogP contribution >= 0.6 is 0 Å². The van der Waals surface area contributed by atoms with Crippen LogP contribution in [0.5, 0.6) is 0 Å². The Balaban J connectivity index is 2.15. The number of pyridine rings is 1. The number of amides is 1. The van der Waals surface area contributed by atoms with E-state index in [2.05, 4.69) is 10.3 Å². The first-order valence-corrected chi connectivity index (χ1v) is 6.15. The van der Waals surface area contributed by atoms with Crippen molar-refractivity contribution in [2.75, 3.05) is 5.32 Å². The molecule has 0 radical (unpaired) electrons. The molecule has 0 aliphatic carbocycles. The number of anilines is 1. The molecule has 0 fully saturated rings. The summed E-state index contributed by atoms with van der Waals surface area (Å²) in [5.41, 5.74) is 9.62. The highest BCUT2D eigenvalue weighted by Gasteiger charge is 2.08. The van der Waals surface area contributed by atoms with Crippen LogP contribution < -0.4 is 11.1 Å². The van der Waals surface area contributed by atoms with E-state index < -0.39 is 0 Å². The van der Waals surface area contributed by atoms with Gasteiger partial charge < -0.3 is 11.1 Å². The van der Waals surface area contributed by atoms with E-state index in [0.717, 1.165) is 22.6 Å². The van der Waals surface area contributed by atoms with Crippen LogP contribution in [0, 0.1) is 13.8 Å². The fraction of sp³-hybridized carbons (Fsp3) is 0.200. The number of hydrogen-bond donors (Lipinski definition) is 2. The van der Waals surface area contributed by atoms with Gasteiger partial charge in [0, 0.05) is 17.8 Å². The number of carbonyl (C=O) groups is 1.